The summed E-state index contributed by atoms with van der Waals surface area (Å²) >= 11 is 0. The monoisotopic (exact) mass is 155 g/mol. The first-order chi connectivity index (χ1) is 5.19. The van der Waals surface area contributed by atoms with E-state index < -0.39 is 5.41 Å². The van der Waals surface area contributed by atoms with Crippen molar-refractivity contribution in [2.45, 2.75) is 6.92 Å². The maximum Gasteiger partial charge on any atom is 0.316 e. The fourth-order valence-corrected chi connectivity index (χ4v) is 1.17. The Morgan fingerprint density at radius 2 is 2.45 bits per heavy atom. The molecule has 0 radical (unpaired) electrons. The molecule has 0 amide bonds. The standard InChI is InChI=1S/C8H13NO2/c1-8(7(10)11-2)4-3-5-9-6-8/h3-4,9H,5-6H2,1-2H3. The minimum Gasteiger partial charge on any atom is -0.468 e. The smallest absolute Gasteiger partial charge is 0.316 e. The van der Waals surface area contributed by atoms with Gasteiger partial charge >= 0.3 is 5.97 Å². The van der Waals surface area contributed by atoms with Gasteiger partial charge in [0, 0.05) is 13.1 Å². The Morgan fingerprint density at radius 3 is 2.91 bits per heavy atom. The molecular weight excluding hydrogens is 142 g/mol. The molecule has 1 rings (SSSR count). The average Bonchev–Trinajstić information content (AvgIpc) is 2.04. The zero-order valence-corrected chi connectivity index (χ0v) is 6.89. The van der Waals surface area contributed by atoms with Crippen LogP contribution in [0, 0.1) is 5.41 Å². The Balaban J connectivity index is 2.71. The van der Waals surface area contributed by atoms with Gasteiger partial charge in [-0.2, -0.15) is 0 Å². The van der Waals surface area contributed by atoms with Crippen LogP contribution in [0.25, 0.3) is 0 Å². The highest BCUT2D eigenvalue weighted by molar-refractivity contribution is 5.79. The van der Waals surface area contributed by atoms with Gasteiger partial charge in [0.1, 0.15) is 0 Å². The van der Waals surface area contributed by atoms with E-state index in [9.17, 15) is 4.79 Å². The highest BCUT2D eigenvalue weighted by Crippen LogP contribution is 2.20. The summed E-state index contributed by atoms with van der Waals surface area (Å²) in [5, 5.41) is 3.10. The van der Waals surface area contributed by atoms with Gasteiger partial charge in [-0.3, -0.25) is 4.79 Å². The first-order valence-corrected chi connectivity index (χ1v) is 3.66. The Bertz CT molecular complexity index is 189. The number of esters is 1. The number of methoxy groups -OCH3 is 1. The van der Waals surface area contributed by atoms with Crippen molar-refractivity contribution in [3.8, 4) is 0 Å². The molecule has 0 bridgehead atoms. The van der Waals surface area contributed by atoms with Crippen LogP contribution in [0.3, 0.4) is 0 Å². The van der Waals surface area contributed by atoms with Gasteiger partial charge in [0.2, 0.25) is 0 Å². The second kappa shape index (κ2) is 3.05. The van der Waals surface area contributed by atoms with Gasteiger partial charge in [-0.15, -0.1) is 0 Å². The lowest BCUT2D eigenvalue weighted by Gasteiger charge is -2.26. The van der Waals surface area contributed by atoms with E-state index in [1.807, 2.05) is 19.1 Å². The number of hydrogen-bond acceptors (Lipinski definition) is 3. The fraction of sp³-hybridized carbons (Fsp3) is 0.625. The Hall–Kier alpha value is -0.830. The van der Waals surface area contributed by atoms with Gasteiger partial charge in [0.15, 0.2) is 0 Å². The summed E-state index contributed by atoms with van der Waals surface area (Å²) in [5.41, 5.74) is -0.465. The number of carbonyl (C=O) groups is 1. The lowest BCUT2D eigenvalue weighted by Crippen LogP contribution is -2.40. The summed E-state index contributed by atoms with van der Waals surface area (Å²) in [7, 11) is 1.41. The molecule has 0 saturated carbocycles. The Morgan fingerprint density at radius 1 is 1.73 bits per heavy atom. The van der Waals surface area contributed by atoms with Crippen LogP contribution >= 0.6 is 0 Å². The van der Waals surface area contributed by atoms with Crippen molar-refractivity contribution >= 4 is 5.97 Å². The lowest BCUT2D eigenvalue weighted by molar-refractivity contribution is -0.148. The molecule has 1 unspecified atom stereocenters. The molecule has 0 aromatic carbocycles. The van der Waals surface area contributed by atoms with E-state index in [2.05, 4.69) is 10.1 Å². The summed E-state index contributed by atoms with van der Waals surface area (Å²) < 4.78 is 4.66. The number of nitrogens with one attached hydrogen (secondary N) is 1. The molecule has 1 aliphatic heterocycles. The largest absolute Gasteiger partial charge is 0.468 e. The van der Waals surface area contributed by atoms with Crippen LogP contribution < -0.4 is 5.32 Å². The van der Waals surface area contributed by atoms with Crippen molar-refractivity contribution in [3.63, 3.8) is 0 Å². The zero-order valence-electron chi connectivity index (χ0n) is 6.89. The van der Waals surface area contributed by atoms with Gasteiger partial charge in [-0.25, -0.2) is 0 Å². The minimum atomic E-state index is -0.465. The van der Waals surface area contributed by atoms with Gasteiger partial charge < -0.3 is 10.1 Å². The van der Waals surface area contributed by atoms with Gasteiger partial charge in [-0.05, 0) is 6.92 Å². The highest BCUT2D eigenvalue weighted by atomic mass is 16.5. The average molecular weight is 155 g/mol. The summed E-state index contributed by atoms with van der Waals surface area (Å²) in [6, 6.07) is 0. The van der Waals surface area contributed by atoms with Crippen LogP contribution in [-0.2, 0) is 9.53 Å². The van der Waals surface area contributed by atoms with E-state index in [-0.39, 0.29) is 5.97 Å². The molecular formula is C8H13NO2. The molecule has 1 atom stereocenters. The molecule has 0 aromatic heterocycles. The molecule has 3 nitrogen and oxygen atoms in total. The van der Waals surface area contributed by atoms with E-state index in [0.29, 0.717) is 6.54 Å². The summed E-state index contributed by atoms with van der Waals surface area (Å²) in [4.78, 5) is 11.2. The van der Waals surface area contributed by atoms with Crippen LogP contribution in [0.4, 0.5) is 0 Å². The van der Waals surface area contributed by atoms with E-state index in [1.54, 1.807) is 0 Å². The van der Waals surface area contributed by atoms with Crippen LogP contribution in [-0.4, -0.2) is 26.2 Å². The third-order valence-electron chi connectivity index (χ3n) is 1.89. The predicted molar refractivity (Wildman–Crippen MR) is 42.1 cm³/mol. The first kappa shape index (κ1) is 8.27. The van der Waals surface area contributed by atoms with E-state index in [0.717, 1.165) is 6.54 Å². The van der Waals surface area contributed by atoms with Crippen LogP contribution in [0.15, 0.2) is 12.2 Å². The maximum absolute atomic E-state index is 11.2. The molecule has 0 spiro atoms. The Labute approximate surface area is 66.4 Å². The normalized spacial score (nSPS) is 30.0. The zero-order chi connectivity index (χ0) is 8.32. The minimum absolute atomic E-state index is 0.180. The number of rotatable bonds is 1. The van der Waals surface area contributed by atoms with Crippen molar-refractivity contribution in [2.75, 3.05) is 20.2 Å². The molecule has 0 aromatic rings. The molecule has 1 aliphatic rings. The lowest BCUT2D eigenvalue weighted by atomic mass is 9.88. The third-order valence-corrected chi connectivity index (χ3v) is 1.89. The number of ether oxygens (including phenoxy) is 1. The third kappa shape index (κ3) is 1.60. The highest BCUT2D eigenvalue weighted by Gasteiger charge is 2.32. The van der Waals surface area contributed by atoms with Crippen molar-refractivity contribution in [1.29, 1.82) is 0 Å². The predicted octanol–water partition coefficient (Wildman–Crippen LogP) is 0.325. The second-order valence-electron chi connectivity index (χ2n) is 2.94. The Kier molecular flexibility index (Phi) is 2.29. The summed E-state index contributed by atoms with van der Waals surface area (Å²) in [6.07, 6.45) is 3.84. The molecule has 3 heteroatoms. The topological polar surface area (TPSA) is 38.3 Å². The van der Waals surface area contributed by atoms with E-state index in [1.165, 1.54) is 7.11 Å². The number of carbonyl (C=O) groups excluding carboxylic acids is 1. The van der Waals surface area contributed by atoms with Gasteiger partial charge in [0.05, 0.1) is 12.5 Å². The molecule has 62 valence electrons. The summed E-state index contributed by atoms with van der Waals surface area (Å²) in [6.45, 7) is 3.37. The number of hydrogen-bond donors (Lipinski definition) is 1. The van der Waals surface area contributed by atoms with Crippen molar-refractivity contribution in [3.05, 3.63) is 12.2 Å². The maximum atomic E-state index is 11.2. The van der Waals surface area contributed by atoms with Crippen LogP contribution in [0.5, 0.6) is 0 Å². The fourth-order valence-electron chi connectivity index (χ4n) is 1.17. The van der Waals surface area contributed by atoms with E-state index in [4.69, 9.17) is 0 Å². The molecule has 0 saturated heterocycles. The second-order valence-corrected chi connectivity index (χ2v) is 2.94. The first-order valence-electron chi connectivity index (χ1n) is 3.66. The van der Waals surface area contributed by atoms with Crippen LogP contribution in [0.1, 0.15) is 6.92 Å². The summed E-state index contributed by atoms with van der Waals surface area (Å²) in [5.74, 6) is -0.180. The molecule has 1 N–H and O–H groups in total. The van der Waals surface area contributed by atoms with Gasteiger partial charge in [-0.1, -0.05) is 12.2 Å². The van der Waals surface area contributed by atoms with Crippen LogP contribution in [0.2, 0.25) is 0 Å². The van der Waals surface area contributed by atoms with E-state index >= 15 is 0 Å². The molecule has 1 heterocycles. The SMILES string of the molecule is COC(=O)C1(C)C=CCNC1. The quantitative estimate of drug-likeness (QED) is 0.438. The van der Waals surface area contributed by atoms with Gasteiger partial charge in [0.25, 0.3) is 0 Å². The van der Waals surface area contributed by atoms with Crippen molar-refractivity contribution in [1.82, 2.24) is 5.32 Å². The molecule has 11 heavy (non-hydrogen) atoms. The molecule has 0 fully saturated rings. The van der Waals surface area contributed by atoms with Crippen molar-refractivity contribution in [2.24, 2.45) is 5.41 Å². The van der Waals surface area contributed by atoms with Crippen molar-refractivity contribution < 1.29 is 9.53 Å². The molecule has 0 aliphatic carbocycles.